The molecule has 0 radical (unpaired) electrons. The minimum Gasteiger partial charge on any atom is -0.493 e. The van der Waals surface area contributed by atoms with E-state index >= 15 is 0 Å². The third kappa shape index (κ3) is 3.50. The summed E-state index contributed by atoms with van der Waals surface area (Å²) in [5.41, 5.74) is 0. The van der Waals surface area contributed by atoms with Crippen LogP contribution in [0.15, 0.2) is 17.0 Å². The lowest BCUT2D eigenvalue weighted by Gasteiger charge is -2.20. The highest BCUT2D eigenvalue weighted by molar-refractivity contribution is 7.89. The third-order valence-corrected chi connectivity index (χ3v) is 5.17. The second-order valence-electron chi connectivity index (χ2n) is 5.10. The Hall–Kier alpha value is -1.38. The van der Waals surface area contributed by atoms with Crippen LogP contribution in [0.5, 0.6) is 11.5 Å². The summed E-state index contributed by atoms with van der Waals surface area (Å²) in [5.74, 6) is -0.621. The quantitative estimate of drug-likeness (QED) is 0.857. The number of hydrogen-bond donors (Lipinski definition) is 1. The van der Waals surface area contributed by atoms with Crippen LogP contribution in [0, 0.1) is 5.82 Å². The van der Waals surface area contributed by atoms with E-state index < -0.39 is 26.8 Å². The van der Waals surface area contributed by atoms with Gasteiger partial charge in [0.15, 0.2) is 11.5 Å². The molecule has 124 valence electrons. The summed E-state index contributed by atoms with van der Waals surface area (Å²) in [6.45, 7) is 2.31. The Bertz CT molecular complexity index is 628. The van der Waals surface area contributed by atoms with E-state index in [1.807, 2.05) is 0 Å². The Morgan fingerprint density at radius 3 is 2.50 bits per heavy atom. The molecule has 0 saturated carbocycles. The molecule has 0 bridgehead atoms. The molecule has 1 aliphatic heterocycles. The zero-order valence-corrected chi connectivity index (χ0v) is 13.6. The molecule has 8 heteroatoms. The minimum atomic E-state index is -4.03. The summed E-state index contributed by atoms with van der Waals surface area (Å²) < 4.78 is 56.7. The lowest BCUT2D eigenvalue weighted by molar-refractivity contribution is 0.0902. The smallest absolute Gasteiger partial charge is 0.243 e. The predicted molar refractivity (Wildman–Crippen MR) is 78.3 cm³/mol. The summed E-state index contributed by atoms with van der Waals surface area (Å²) in [6.07, 6.45) is 1.47. The second kappa shape index (κ2) is 6.80. The topological polar surface area (TPSA) is 73.9 Å². The molecule has 6 nitrogen and oxygen atoms in total. The van der Waals surface area contributed by atoms with E-state index in [-0.39, 0.29) is 17.6 Å². The number of halogens is 1. The Kier molecular flexibility index (Phi) is 5.25. The number of hydrogen-bond acceptors (Lipinski definition) is 5. The number of methoxy groups -OCH3 is 2. The fourth-order valence-corrected chi connectivity index (χ4v) is 3.77. The minimum absolute atomic E-state index is 0.131. The standard InChI is InChI=1S/C14H20FNO5S/c1-9(11-5-4-6-21-11)16-22(17,18)14-8-13(20-3)12(19-2)7-10(14)15/h7-9,11,16H,4-6H2,1-3H3/t9-,11-/m1/s1. The Morgan fingerprint density at radius 1 is 1.32 bits per heavy atom. The van der Waals surface area contributed by atoms with Crippen LogP contribution in [-0.4, -0.2) is 41.4 Å². The normalized spacial score (nSPS) is 19.9. The van der Waals surface area contributed by atoms with Crippen molar-refractivity contribution in [3.05, 3.63) is 17.9 Å². The number of rotatable bonds is 6. The van der Waals surface area contributed by atoms with E-state index in [1.165, 1.54) is 14.2 Å². The van der Waals surface area contributed by atoms with Crippen molar-refractivity contribution in [2.75, 3.05) is 20.8 Å². The number of nitrogens with one attached hydrogen (secondary N) is 1. The van der Waals surface area contributed by atoms with Gasteiger partial charge >= 0.3 is 0 Å². The highest BCUT2D eigenvalue weighted by atomic mass is 32.2. The van der Waals surface area contributed by atoms with E-state index in [0.717, 1.165) is 25.0 Å². The van der Waals surface area contributed by atoms with Gasteiger partial charge in [0.25, 0.3) is 0 Å². The maximum absolute atomic E-state index is 14.1. The largest absolute Gasteiger partial charge is 0.493 e. The molecule has 1 heterocycles. The molecule has 1 N–H and O–H groups in total. The molecular weight excluding hydrogens is 313 g/mol. The highest BCUT2D eigenvalue weighted by Crippen LogP contribution is 2.32. The van der Waals surface area contributed by atoms with Crippen molar-refractivity contribution in [3.8, 4) is 11.5 Å². The van der Waals surface area contributed by atoms with Crippen LogP contribution in [0.3, 0.4) is 0 Å². The molecule has 0 spiro atoms. The van der Waals surface area contributed by atoms with Crippen molar-refractivity contribution in [2.45, 2.75) is 36.8 Å². The second-order valence-corrected chi connectivity index (χ2v) is 6.78. The van der Waals surface area contributed by atoms with Gasteiger partial charge in [0, 0.05) is 24.8 Å². The fraction of sp³-hybridized carbons (Fsp3) is 0.571. The summed E-state index contributed by atoms with van der Waals surface area (Å²) in [4.78, 5) is -0.477. The average molecular weight is 333 g/mol. The molecule has 0 amide bonds. The van der Waals surface area contributed by atoms with E-state index in [0.29, 0.717) is 6.61 Å². The average Bonchev–Trinajstić information content (AvgIpc) is 3.00. The lowest BCUT2D eigenvalue weighted by atomic mass is 10.1. The molecule has 1 fully saturated rings. The summed E-state index contributed by atoms with van der Waals surface area (Å²) in [7, 11) is -1.32. The molecule has 1 aromatic rings. The van der Waals surface area contributed by atoms with Gasteiger partial charge in [-0.05, 0) is 19.8 Å². The summed E-state index contributed by atoms with van der Waals surface area (Å²) in [5, 5.41) is 0. The van der Waals surface area contributed by atoms with Crippen molar-refractivity contribution in [2.24, 2.45) is 0 Å². The van der Waals surface area contributed by atoms with Crippen LogP contribution in [0.4, 0.5) is 4.39 Å². The number of benzene rings is 1. The van der Waals surface area contributed by atoms with Crippen LogP contribution in [0.2, 0.25) is 0 Å². The van der Waals surface area contributed by atoms with Crippen LogP contribution >= 0.6 is 0 Å². The summed E-state index contributed by atoms with van der Waals surface area (Å²) in [6, 6.07) is 1.66. The van der Waals surface area contributed by atoms with Gasteiger partial charge < -0.3 is 14.2 Å². The van der Waals surface area contributed by atoms with E-state index in [9.17, 15) is 12.8 Å². The summed E-state index contributed by atoms with van der Waals surface area (Å²) >= 11 is 0. The van der Waals surface area contributed by atoms with Gasteiger partial charge in [-0.1, -0.05) is 0 Å². The first-order valence-electron chi connectivity index (χ1n) is 6.94. The number of ether oxygens (including phenoxy) is 3. The van der Waals surface area contributed by atoms with Crippen molar-refractivity contribution < 1.29 is 27.0 Å². The molecule has 22 heavy (non-hydrogen) atoms. The van der Waals surface area contributed by atoms with Gasteiger partial charge in [0.05, 0.1) is 20.3 Å². The SMILES string of the molecule is COc1cc(F)c(S(=O)(=O)N[C@H](C)[C@H]2CCCO2)cc1OC. The van der Waals surface area contributed by atoms with E-state index in [1.54, 1.807) is 6.92 Å². The monoisotopic (exact) mass is 333 g/mol. The lowest BCUT2D eigenvalue weighted by Crippen LogP contribution is -2.41. The molecule has 2 atom stereocenters. The van der Waals surface area contributed by atoms with Crippen LogP contribution in [-0.2, 0) is 14.8 Å². The highest BCUT2D eigenvalue weighted by Gasteiger charge is 2.29. The predicted octanol–water partition coefficient (Wildman–Crippen LogP) is 1.69. The van der Waals surface area contributed by atoms with Crippen molar-refractivity contribution in [1.29, 1.82) is 0 Å². The van der Waals surface area contributed by atoms with Gasteiger partial charge in [0.1, 0.15) is 10.7 Å². The van der Waals surface area contributed by atoms with E-state index in [2.05, 4.69) is 4.72 Å². The van der Waals surface area contributed by atoms with Crippen LogP contribution in [0.25, 0.3) is 0 Å². The van der Waals surface area contributed by atoms with Gasteiger partial charge in [-0.15, -0.1) is 0 Å². The number of sulfonamides is 1. The van der Waals surface area contributed by atoms with Crippen LogP contribution in [0.1, 0.15) is 19.8 Å². The Labute approximate surface area is 129 Å². The zero-order valence-electron chi connectivity index (χ0n) is 12.8. The van der Waals surface area contributed by atoms with Gasteiger partial charge in [-0.3, -0.25) is 0 Å². The maximum atomic E-state index is 14.1. The zero-order chi connectivity index (χ0) is 16.3. The van der Waals surface area contributed by atoms with Crippen molar-refractivity contribution >= 4 is 10.0 Å². The first-order chi connectivity index (χ1) is 10.4. The van der Waals surface area contributed by atoms with Crippen LogP contribution < -0.4 is 14.2 Å². The van der Waals surface area contributed by atoms with Gasteiger partial charge in [0.2, 0.25) is 10.0 Å². The van der Waals surface area contributed by atoms with Crippen molar-refractivity contribution in [3.63, 3.8) is 0 Å². The molecule has 0 unspecified atom stereocenters. The first-order valence-corrected chi connectivity index (χ1v) is 8.43. The van der Waals surface area contributed by atoms with Gasteiger partial charge in [-0.2, -0.15) is 0 Å². The fourth-order valence-electron chi connectivity index (χ4n) is 2.42. The molecule has 1 aromatic carbocycles. The molecule has 0 aliphatic carbocycles. The first kappa shape index (κ1) is 17.0. The molecule has 1 saturated heterocycles. The molecular formula is C14H20FNO5S. The van der Waals surface area contributed by atoms with Gasteiger partial charge in [-0.25, -0.2) is 17.5 Å². The molecule has 0 aromatic heterocycles. The van der Waals surface area contributed by atoms with E-state index in [4.69, 9.17) is 14.2 Å². The van der Waals surface area contributed by atoms with Crippen molar-refractivity contribution in [1.82, 2.24) is 4.72 Å². The molecule has 1 aliphatic rings. The Morgan fingerprint density at radius 2 is 1.95 bits per heavy atom. The third-order valence-electron chi connectivity index (χ3n) is 3.59. The Balaban J connectivity index is 2.28. The maximum Gasteiger partial charge on any atom is 0.243 e. The molecule has 2 rings (SSSR count).